The van der Waals surface area contributed by atoms with Crippen molar-refractivity contribution in [3.05, 3.63) is 24.5 Å². The Labute approximate surface area is 101 Å². The van der Waals surface area contributed by atoms with Crippen LogP contribution in [-0.4, -0.2) is 34.1 Å². The monoisotopic (exact) mass is 230 g/mol. The van der Waals surface area contributed by atoms with Crippen LogP contribution in [0.1, 0.15) is 12.8 Å². The highest BCUT2D eigenvalue weighted by molar-refractivity contribution is 5.86. The van der Waals surface area contributed by atoms with Gasteiger partial charge in [-0.3, -0.25) is 0 Å². The van der Waals surface area contributed by atoms with E-state index in [0.29, 0.717) is 0 Å². The van der Waals surface area contributed by atoms with Gasteiger partial charge in [0.05, 0.1) is 17.5 Å². The number of fused-ring (bicyclic) bond motifs is 1. The van der Waals surface area contributed by atoms with Crippen LogP contribution < -0.4 is 5.73 Å². The van der Waals surface area contributed by atoms with Gasteiger partial charge in [-0.25, -0.2) is 4.98 Å². The number of likely N-dealkylation sites (tertiary alicyclic amines) is 1. The standard InChI is InChI=1S/C13H18N4/c14-11-4-3-5-12-13(11)15-10-17(12)9-8-16-6-1-2-7-16/h3-5,10H,1-2,6-9,14H2. The summed E-state index contributed by atoms with van der Waals surface area (Å²) < 4.78 is 2.20. The first-order valence-corrected chi connectivity index (χ1v) is 6.26. The summed E-state index contributed by atoms with van der Waals surface area (Å²) in [6, 6.07) is 5.98. The summed E-state index contributed by atoms with van der Waals surface area (Å²) in [5.41, 5.74) is 8.74. The van der Waals surface area contributed by atoms with Crippen LogP contribution in [-0.2, 0) is 6.54 Å². The van der Waals surface area contributed by atoms with Gasteiger partial charge in [0.1, 0.15) is 5.52 Å². The van der Waals surface area contributed by atoms with E-state index in [9.17, 15) is 0 Å². The Hall–Kier alpha value is -1.55. The summed E-state index contributed by atoms with van der Waals surface area (Å²) in [6.07, 6.45) is 4.59. The van der Waals surface area contributed by atoms with E-state index in [4.69, 9.17) is 5.73 Å². The Kier molecular flexibility index (Phi) is 2.73. The van der Waals surface area contributed by atoms with Crippen LogP contribution >= 0.6 is 0 Å². The molecule has 17 heavy (non-hydrogen) atoms. The normalized spacial score (nSPS) is 16.9. The molecule has 4 heteroatoms. The van der Waals surface area contributed by atoms with Gasteiger partial charge in [0.25, 0.3) is 0 Å². The molecule has 0 unspecified atom stereocenters. The Morgan fingerprint density at radius 2 is 2.00 bits per heavy atom. The number of rotatable bonds is 3. The van der Waals surface area contributed by atoms with Gasteiger partial charge in [0.2, 0.25) is 0 Å². The molecule has 0 saturated carbocycles. The second-order valence-corrected chi connectivity index (χ2v) is 4.70. The SMILES string of the molecule is Nc1cccc2c1ncn2CCN1CCCC1. The zero-order valence-electron chi connectivity index (χ0n) is 9.97. The van der Waals surface area contributed by atoms with E-state index < -0.39 is 0 Å². The van der Waals surface area contributed by atoms with Gasteiger partial charge in [-0.15, -0.1) is 0 Å². The van der Waals surface area contributed by atoms with Crippen LogP contribution in [0.5, 0.6) is 0 Å². The fraction of sp³-hybridized carbons (Fsp3) is 0.462. The van der Waals surface area contributed by atoms with Crippen LogP contribution in [0.25, 0.3) is 11.0 Å². The summed E-state index contributed by atoms with van der Waals surface area (Å²) in [4.78, 5) is 6.89. The molecule has 2 N–H and O–H groups in total. The molecule has 1 aliphatic rings. The Balaban J connectivity index is 1.78. The average Bonchev–Trinajstić information content (AvgIpc) is 2.95. The van der Waals surface area contributed by atoms with Crippen molar-refractivity contribution in [1.29, 1.82) is 0 Å². The minimum Gasteiger partial charge on any atom is -0.397 e. The number of para-hydroxylation sites is 1. The van der Waals surface area contributed by atoms with Crippen LogP contribution in [0.3, 0.4) is 0 Å². The molecule has 0 atom stereocenters. The minimum absolute atomic E-state index is 0.766. The summed E-state index contributed by atoms with van der Waals surface area (Å²) in [7, 11) is 0. The summed E-state index contributed by atoms with van der Waals surface area (Å²) in [5, 5.41) is 0. The van der Waals surface area contributed by atoms with Gasteiger partial charge in [0, 0.05) is 13.1 Å². The fourth-order valence-corrected chi connectivity index (χ4v) is 2.54. The Morgan fingerprint density at radius 3 is 2.82 bits per heavy atom. The molecule has 0 radical (unpaired) electrons. The van der Waals surface area contributed by atoms with Gasteiger partial charge >= 0.3 is 0 Å². The van der Waals surface area contributed by atoms with Crippen molar-refractivity contribution in [1.82, 2.24) is 14.5 Å². The van der Waals surface area contributed by atoms with E-state index in [-0.39, 0.29) is 0 Å². The van der Waals surface area contributed by atoms with Gasteiger partial charge in [0.15, 0.2) is 0 Å². The first-order valence-electron chi connectivity index (χ1n) is 6.26. The number of benzene rings is 1. The molecule has 1 fully saturated rings. The molecular formula is C13H18N4. The van der Waals surface area contributed by atoms with E-state index in [2.05, 4.69) is 20.5 Å². The van der Waals surface area contributed by atoms with Gasteiger partial charge < -0.3 is 15.2 Å². The van der Waals surface area contributed by atoms with Gasteiger partial charge in [-0.05, 0) is 38.1 Å². The number of hydrogen-bond acceptors (Lipinski definition) is 3. The van der Waals surface area contributed by atoms with Crippen LogP contribution in [0.15, 0.2) is 24.5 Å². The third kappa shape index (κ3) is 2.00. The largest absolute Gasteiger partial charge is 0.397 e. The molecule has 0 amide bonds. The first-order chi connectivity index (χ1) is 8.34. The summed E-state index contributed by atoms with van der Waals surface area (Å²) in [5.74, 6) is 0. The maximum absolute atomic E-state index is 5.90. The predicted octanol–water partition coefficient (Wildman–Crippen LogP) is 1.71. The molecular weight excluding hydrogens is 212 g/mol. The lowest BCUT2D eigenvalue weighted by Crippen LogP contribution is -2.23. The third-order valence-corrected chi connectivity index (χ3v) is 3.54. The highest BCUT2D eigenvalue weighted by Gasteiger charge is 2.11. The number of nitrogens with two attached hydrogens (primary N) is 1. The van der Waals surface area contributed by atoms with E-state index in [1.54, 1.807) is 0 Å². The maximum atomic E-state index is 5.90. The maximum Gasteiger partial charge on any atom is 0.111 e. The van der Waals surface area contributed by atoms with E-state index in [1.165, 1.54) is 25.9 Å². The zero-order chi connectivity index (χ0) is 11.7. The molecule has 2 aromatic rings. The lowest BCUT2D eigenvalue weighted by atomic mass is 10.3. The topological polar surface area (TPSA) is 47.1 Å². The number of imidazole rings is 1. The number of aromatic nitrogens is 2. The number of nitrogen functional groups attached to an aromatic ring is 1. The van der Waals surface area contributed by atoms with Crippen LogP contribution in [0.2, 0.25) is 0 Å². The molecule has 1 aromatic heterocycles. The van der Waals surface area contributed by atoms with Gasteiger partial charge in [-0.1, -0.05) is 6.07 Å². The second-order valence-electron chi connectivity index (χ2n) is 4.70. The average molecular weight is 230 g/mol. The Bertz CT molecular complexity index is 511. The summed E-state index contributed by atoms with van der Waals surface area (Å²) >= 11 is 0. The van der Waals surface area contributed by atoms with E-state index in [1.807, 2.05) is 18.5 Å². The molecule has 0 spiro atoms. The molecule has 1 aliphatic heterocycles. The zero-order valence-corrected chi connectivity index (χ0v) is 9.97. The van der Waals surface area contributed by atoms with Gasteiger partial charge in [-0.2, -0.15) is 0 Å². The smallest absolute Gasteiger partial charge is 0.111 e. The van der Waals surface area contributed by atoms with Crippen molar-refractivity contribution in [2.75, 3.05) is 25.4 Å². The molecule has 90 valence electrons. The highest BCUT2D eigenvalue weighted by atomic mass is 15.2. The molecule has 0 bridgehead atoms. The second kappa shape index (κ2) is 4.37. The van der Waals surface area contributed by atoms with Crippen molar-refractivity contribution in [3.63, 3.8) is 0 Å². The van der Waals surface area contributed by atoms with Crippen LogP contribution in [0.4, 0.5) is 5.69 Å². The van der Waals surface area contributed by atoms with Crippen molar-refractivity contribution >= 4 is 16.7 Å². The van der Waals surface area contributed by atoms with E-state index in [0.717, 1.165) is 29.8 Å². The number of nitrogens with zero attached hydrogens (tertiary/aromatic N) is 3. The first kappa shape index (κ1) is 10.6. The lowest BCUT2D eigenvalue weighted by Gasteiger charge is -2.14. The summed E-state index contributed by atoms with van der Waals surface area (Å²) in [6.45, 7) is 4.60. The molecule has 4 nitrogen and oxygen atoms in total. The predicted molar refractivity (Wildman–Crippen MR) is 69.8 cm³/mol. The molecule has 2 heterocycles. The van der Waals surface area contributed by atoms with E-state index >= 15 is 0 Å². The minimum atomic E-state index is 0.766. The highest BCUT2D eigenvalue weighted by Crippen LogP contribution is 2.19. The molecule has 3 rings (SSSR count). The molecule has 0 aliphatic carbocycles. The van der Waals surface area contributed by atoms with Crippen molar-refractivity contribution < 1.29 is 0 Å². The van der Waals surface area contributed by atoms with Crippen molar-refractivity contribution in [3.8, 4) is 0 Å². The lowest BCUT2D eigenvalue weighted by molar-refractivity contribution is 0.324. The Morgan fingerprint density at radius 1 is 1.18 bits per heavy atom. The molecule has 1 aromatic carbocycles. The molecule has 1 saturated heterocycles. The number of hydrogen-bond donors (Lipinski definition) is 1. The number of anilines is 1. The third-order valence-electron chi connectivity index (χ3n) is 3.54. The van der Waals surface area contributed by atoms with Crippen molar-refractivity contribution in [2.24, 2.45) is 0 Å². The fourth-order valence-electron chi connectivity index (χ4n) is 2.54. The quantitative estimate of drug-likeness (QED) is 0.817. The van der Waals surface area contributed by atoms with Crippen LogP contribution in [0, 0.1) is 0 Å². The van der Waals surface area contributed by atoms with Crippen molar-refractivity contribution in [2.45, 2.75) is 19.4 Å².